The number of carbonyl (C=O) groups excluding carboxylic acids is 1. The van der Waals surface area contributed by atoms with Gasteiger partial charge in [-0.25, -0.2) is 8.42 Å². The van der Waals surface area contributed by atoms with Gasteiger partial charge >= 0.3 is 0 Å². The van der Waals surface area contributed by atoms with Gasteiger partial charge in [-0.05, 0) is 55.7 Å². The number of rotatable bonds is 10. The summed E-state index contributed by atoms with van der Waals surface area (Å²) in [4.78, 5) is 21.3. The van der Waals surface area contributed by atoms with Crippen LogP contribution in [0.15, 0.2) is 53.4 Å². The lowest BCUT2D eigenvalue weighted by Crippen LogP contribution is -2.09. The first-order valence-corrected chi connectivity index (χ1v) is 10.4. The molecule has 0 heterocycles. The van der Waals surface area contributed by atoms with Crippen LogP contribution in [0.1, 0.15) is 26.2 Å². The molecule has 0 radical (unpaired) electrons. The van der Waals surface area contributed by atoms with Crippen molar-refractivity contribution in [1.29, 1.82) is 0 Å². The van der Waals surface area contributed by atoms with E-state index in [1.807, 2.05) is 0 Å². The van der Waals surface area contributed by atoms with Crippen LogP contribution in [0.25, 0.3) is 0 Å². The normalized spacial score (nSPS) is 11.0. The lowest BCUT2D eigenvalue weighted by molar-refractivity contribution is -0.384. The lowest BCUT2D eigenvalue weighted by atomic mass is 10.2. The first-order chi connectivity index (χ1) is 13.3. The second-order valence-corrected chi connectivity index (χ2v) is 8.29. The third-order valence-electron chi connectivity index (χ3n) is 3.91. The van der Waals surface area contributed by atoms with E-state index in [1.165, 1.54) is 43.3 Å². The molecule has 0 aromatic heterocycles. The third-order valence-corrected chi connectivity index (χ3v) is 5.72. The molecule has 0 saturated carbocycles. The van der Waals surface area contributed by atoms with Crippen LogP contribution in [0.4, 0.5) is 11.4 Å². The molecule has 9 heteroatoms. The Hall–Kier alpha value is -2.94. The number of anilines is 1. The SMILES string of the molecule is CC(=O)Nc1ccc(S(=O)(=O)CCCCCOc2ccc([N+](=O)[O-])cc2)cc1. The molecule has 28 heavy (non-hydrogen) atoms. The van der Waals surface area contributed by atoms with Gasteiger partial charge in [0.2, 0.25) is 5.91 Å². The summed E-state index contributed by atoms with van der Waals surface area (Å²) in [5.41, 5.74) is 0.553. The number of hydrogen-bond donors (Lipinski definition) is 1. The second kappa shape index (κ2) is 9.84. The summed E-state index contributed by atoms with van der Waals surface area (Å²) in [6, 6.07) is 11.9. The summed E-state index contributed by atoms with van der Waals surface area (Å²) in [5, 5.41) is 13.2. The van der Waals surface area contributed by atoms with Crippen molar-refractivity contribution in [3.05, 3.63) is 58.6 Å². The van der Waals surface area contributed by atoms with Gasteiger partial charge in [-0.15, -0.1) is 0 Å². The Labute approximate surface area is 163 Å². The summed E-state index contributed by atoms with van der Waals surface area (Å²) >= 11 is 0. The molecule has 0 aliphatic heterocycles. The minimum atomic E-state index is -3.38. The standard InChI is InChI=1S/C19H22N2O6S/c1-15(22)20-16-5-11-19(12-6-16)28(25,26)14-4-2-3-13-27-18-9-7-17(8-10-18)21(23)24/h5-12H,2-4,13-14H2,1H3,(H,20,22). The smallest absolute Gasteiger partial charge is 0.269 e. The van der Waals surface area contributed by atoms with Gasteiger partial charge in [0.25, 0.3) is 5.69 Å². The largest absolute Gasteiger partial charge is 0.494 e. The number of hydrogen-bond acceptors (Lipinski definition) is 6. The third kappa shape index (κ3) is 6.66. The van der Waals surface area contributed by atoms with Crippen molar-refractivity contribution in [2.24, 2.45) is 0 Å². The highest BCUT2D eigenvalue weighted by molar-refractivity contribution is 7.91. The fourth-order valence-electron chi connectivity index (χ4n) is 2.49. The number of nitro benzene ring substituents is 1. The van der Waals surface area contributed by atoms with Crippen LogP contribution in [0.5, 0.6) is 5.75 Å². The summed E-state index contributed by atoms with van der Waals surface area (Å²) in [6.07, 6.45) is 1.85. The van der Waals surface area contributed by atoms with Gasteiger partial charge in [0.1, 0.15) is 5.75 Å². The molecule has 0 fully saturated rings. The average Bonchev–Trinajstić information content (AvgIpc) is 2.65. The zero-order valence-electron chi connectivity index (χ0n) is 15.5. The number of sulfone groups is 1. The second-order valence-electron chi connectivity index (χ2n) is 6.18. The van der Waals surface area contributed by atoms with Gasteiger partial charge in [0.05, 0.1) is 22.2 Å². The Bertz CT molecular complexity index is 908. The number of nitrogens with zero attached hydrogens (tertiary/aromatic N) is 1. The minimum absolute atomic E-state index is 0.00247. The van der Waals surface area contributed by atoms with Crippen LogP contribution in [0.3, 0.4) is 0 Å². The van der Waals surface area contributed by atoms with Gasteiger partial charge in [-0.1, -0.05) is 0 Å². The number of carbonyl (C=O) groups is 1. The average molecular weight is 406 g/mol. The van der Waals surface area contributed by atoms with Crippen molar-refractivity contribution in [1.82, 2.24) is 0 Å². The predicted octanol–water partition coefficient (Wildman–Crippen LogP) is 3.58. The van der Waals surface area contributed by atoms with Crippen LogP contribution >= 0.6 is 0 Å². The van der Waals surface area contributed by atoms with Gasteiger partial charge in [-0.3, -0.25) is 14.9 Å². The van der Waals surface area contributed by atoms with Crippen LogP contribution in [0.2, 0.25) is 0 Å². The van der Waals surface area contributed by atoms with Crippen LogP contribution in [0, 0.1) is 10.1 Å². The van der Waals surface area contributed by atoms with Crippen molar-refractivity contribution in [2.45, 2.75) is 31.1 Å². The summed E-state index contributed by atoms with van der Waals surface area (Å²) in [7, 11) is -3.38. The van der Waals surface area contributed by atoms with Crippen molar-refractivity contribution >= 4 is 27.1 Å². The topological polar surface area (TPSA) is 116 Å². The molecule has 1 amide bonds. The molecule has 2 aromatic carbocycles. The molecule has 2 rings (SSSR count). The molecular formula is C19H22N2O6S. The molecule has 2 aromatic rings. The van der Waals surface area contributed by atoms with E-state index in [4.69, 9.17) is 4.74 Å². The van der Waals surface area contributed by atoms with E-state index in [0.717, 1.165) is 0 Å². The molecule has 0 saturated heterocycles. The van der Waals surface area contributed by atoms with Gasteiger partial charge in [-0.2, -0.15) is 0 Å². The highest BCUT2D eigenvalue weighted by Gasteiger charge is 2.14. The Morgan fingerprint density at radius 3 is 2.25 bits per heavy atom. The number of benzene rings is 2. The molecule has 0 aliphatic rings. The molecule has 0 spiro atoms. The highest BCUT2D eigenvalue weighted by atomic mass is 32.2. The van der Waals surface area contributed by atoms with Crippen molar-refractivity contribution < 1.29 is 22.9 Å². The molecule has 0 aliphatic carbocycles. The molecule has 1 N–H and O–H groups in total. The number of unbranched alkanes of at least 4 members (excludes halogenated alkanes) is 2. The molecule has 0 atom stereocenters. The highest BCUT2D eigenvalue weighted by Crippen LogP contribution is 2.19. The molecule has 0 bridgehead atoms. The maximum absolute atomic E-state index is 12.3. The van der Waals surface area contributed by atoms with Gasteiger partial charge in [0.15, 0.2) is 9.84 Å². The molecule has 0 unspecified atom stereocenters. The number of nitro groups is 1. The monoisotopic (exact) mass is 406 g/mol. The number of ether oxygens (including phenoxy) is 1. The Morgan fingerprint density at radius 2 is 1.68 bits per heavy atom. The van der Waals surface area contributed by atoms with Crippen LogP contribution in [-0.4, -0.2) is 31.6 Å². The lowest BCUT2D eigenvalue weighted by Gasteiger charge is -2.07. The first-order valence-electron chi connectivity index (χ1n) is 8.75. The zero-order chi connectivity index (χ0) is 20.6. The minimum Gasteiger partial charge on any atom is -0.494 e. The van der Waals surface area contributed by atoms with E-state index < -0.39 is 14.8 Å². The van der Waals surface area contributed by atoms with Gasteiger partial charge < -0.3 is 10.1 Å². The molecule has 150 valence electrons. The fraction of sp³-hybridized carbons (Fsp3) is 0.316. The van der Waals surface area contributed by atoms with E-state index in [-0.39, 0.29) is 22.2 Å². The maximum atomic E-state index is 12.3. The molecular weight excluding hydrogens is 384 g/mol. The van der Waals surface area contributed by atoms with Gasteiger partial charge in [0, 0.05) is 24.7 Å². The number of non-ortho nitro benzene ring substituents is 1. The first kappa shape index (κ1) is 21.4. The van der Waals surface area contributed by atoms with Crippen LogP contribution in [-0.2, 0) is 14.6 Å². The van der Waals surface area contributed by atoms with Crippen LogP contribution < -0.4 is 10.1 Å². The number of amides is 1. The number of nitrogens with one attached hydrogen (secondary N) is 1. The Balaban J connectivity index is 1.71. The Morgan fingerprint density at radius 1 is 1.04 bits per heavy atom. The van der Waals surface area contributed by atoms with E-state index in [2.05, 4.69) is 5.32 Å². The van der Waals surface area contributed by atoms with Crippen molar-refractivity contribution in [2.75, 3.05) is 17.7 Å². The summed E-state index contributed by atoms with van der Waals surface area (Å²) in [5.74, 6) is 0.355. The van der Waals surface area contributed by atoms with E-state index in [9.17, 15) is 23.3 Å². The van der Waals surface area contributed by atoms with Crippen molar-refractivity contribution in [3.63, 3.8) is 0 Å². The fourth-order valence-corrected chi connectivity index (χ4v) is 3.86. The predicted molar refractivity (Wildman–Crippen MR) is 105 cm³/mol. The molecule has 8 nitrogen and oxygen atoms in total. The zero-order valence-corrected chi connectivity index (χ0v) is 16.3. The summed E-state index contributed by atoms with van der Waals surface area (Å²) in [6.45, 7) is 1.79. The van der Waals surface area contributed by atoms with E-state index in [1.54, 1.807) is 12.1 Å². The van der Waals surface area contributed by atoms with E-state index in [0.29, 0.717) is 37.3 Å². The van der Waals surface area contributed by atoms with Crippen molar-refractivity contribution in [3.8, 4) is 5.75 Å². The quantitative estimate of drug-likeness (QED) is 0.366. The maximum Gasteiger partial charge on any atom is 0.269 e. The van der Waals surface area contributed by atoms with E-state index >= 15 is 0 Å². The summed E-state index contributed by atoms with van der Waals surface area (Å²) < 4.78 is 30.2. The Kier molecular flexibility index (Phi) is 7.51.